The van der Waals surface area contributed by atoms with Crippen LogP contribution >= 0.6 is 22.9 Å². The molecule has 0 radical (unpaired) electrons. The van der Waals surface area contributed by atoms with Gasteiger partial charge in [0, 0.05) is 22.3 Å². The molecule has 96 valence electrons. The molecule has 3 nitrogen and oxygen atoms in total. The number of nitrogens with one attached hydrogen (secondary N) is 2. The molecular weight excluding hydrogens is 280 g/mol. The number of aromatic amines is 1. The number of benzene rings is 1. The van der Waals surface area contributed by atoms with Gasteiger partial charge in [-0.3, -0.25) is 4.79 Å². The van der Waals surface area contributed by atoms with E-state index in [1.807, 2.05) is 31.2 Å². The summed E-state index contributed by atoms with van der Waals surface area (Å²) in [7, 11) is 0. The molecule has 5 heteroatoms. The topological polar surface area (TPSA) is 44.9 Å². The van der Waals surface area contributed by atoms with Crippen LogP contribution < -0.4 is 5.32 Å². The number of amides is 1. The number of aryl methyl sites for hydroxylation is 1. The van der Waals surface area contributed by atoms with Crippen LogP contribution in [-0.2, 0) is 0 Å². The second kappa shape index (κ2) is 4.72. The third kappa shape index (κ3) is 2.50. The zero-order valence-corrected chi connectivity index (χ0v) is 11.7. The molecule has 19 heavy (non-hydrogen) atoms. The number of rotatable bonds is 2. The minimum Gasteiger partial charge on any atom is -0.359 e. The van der Waals surface area contributed by atoms with Gasteiger partial charge in [-0.15, -0.1) is 11.3 Å². The van der Waals surface area contributed by atoms with Crippen molar-refractivity contribution >= 4 is 45.4 Å². The Hall–Kier alpha value is -1.78. The summed E-state index contributed by atoms with van der Waals surface area (Å²) in [5, 5.41) is 3.95. The van der Waals surface area contributed by atoms with E-state index >= 15 is 0 Å². The van der Waals surface area contributed by atoms with Crippen LogP contribution in [0.3, 0.4) is 0 Å². The van der Waals surface area contributed by atoms with Crippen molar-refractivity contribution in [3.63, 3.8) is 0 Å². The van der Waals surface area contributed by atoms with Crippen molar-refractivity contribution < 1.29 is 4.79 Å². The number of anilines is 1. The molecule has 2 aromatic heterocycles. The first-order chi connectivity index (χ1) is 9.11. The van der Waals surface area contributed by atoms with E-state index in [2.05, 4.69) is 10.3 Å². The lowest BCUT2D eigenvalue weighted by Crippen LogP contribution is -2.09. The Morgan fingerprint density at radius 1 is 1.26 bits per heavy atom. The van der Waals surface area contributed by atoms with Crippen LogP contribution in [0, 0.1) is 6.92 Å². The zero-order chi connectivity index (χ0) is 13.4. The molecule has 3 aromatic rings. The molecule has 0 aliphatic rings. The Morgan fingerprint density at radius 3 is 2.84 bits per heavy atom. The van der Waals surface area contributed by atoms with E-state index in [0.717, 1.165) is 22.3 Å². The smallest absolute Gasteiger partial charge is 0.265 e. The van der Waals surface area contributed by atoms with Crippen molar-refractivity contribution in [1.29, 1.82) is 0 Å². The Bertz CT molecular complexity index is 760. The molecule has 0 saturated heterocycles. The van der Waals surface area contributed by atoms with E-state index < -0.39 is 0 Å². The van der Waals surface area contributed by atoms with Gasteiger partial charge in [0.25, 0.3) is 5.91 Å². The lowest BCUT2D eigenvalue weighted by Gasteiger charge is -2.03. The average molecular weight is 291 g/mol. The number of thiophene rings is 1. The van der Waals surface area contributed by atoms with Gasteiger partial charge in [0.05, 0.1) is 9.21 Å². The predicted molar refractivity (Wildman–Crippen MR) is 80.3 cm³/mol. The molecule has 1 aromatic carbocycles. The highest BCUT2D eigenvalue weighted by atomic mass is 35.5. The Balaban J connectivity index is 1.86. The van der Waals surface area contributed by atoms with Gasteiger partial charge >= 0.3 is 0 Å². The molecule has 0 spiro atoms. The summed E-state index contributed by atoms with van der Waals surface area (Å²) in [6.45, 7) is 2.01. The molecule has 0 bridgehead atoms. The SMILES string of the molecule is Cc1cc2cc(NC(=O)c3ccc(Cl)s3)ccc2[nH]1. The highest BCUT2D eigenvalue weighted by Gasteiger charge is 2.09. The fourth-order valence-corrected chi connectivity index (χ4v) is 2.92. The van der Waals surface area contributed by atoms with Crippen molar-refractivity contribution in [2.75, 3.05) is 5.32 Å². The number of fused-ring (bicyclic) bond motifs is 1. The normalized spacial score (nSPS) is 10.8. The molecule has 0 atom stereocenters. The van der Waals surface area contributed by atoms with Crippen LogP contribution in [0.5, 0.6) is 0 Å². The maximum atomic E-state index is 12.0. The van der Waals surface area contributed by atoms with Crippen LogP contribution in [0.25, 0.3) is 10.9 Å². The molecule has 0 fully saturated rings. The standard InChI is InChI=1S/C14H11ClN2OS/c1-8-6-9-7-10(2-3-11(9)16-8)17-14(18)12-4-5-13(15)19-12/h2-7,16H,1H3,(H,17,18). The molecule has 0 unspecified atom stereocenters. The first-order valence-electron chi connectivity index (χ1n) is 5.78. The van der Waals surface area contributed by atoms with E-state index in [4.69, 9.17) is 11.6 Å². The number of carbonyl (C=O) groups excluding carboxylic acids is 1. The molecular formula is C14H11ClN2OS. The highest BCUT2D eigenvalue weighted by molar-refractivity contribution is 7.18. The van der Waals surface area contributed by atoms with Gasteiger partial charge in [0.2, 0.25) is 0 Å². The van der Waals surface area contributed by atoms with Crippen molar-refractivity contribution in [3.8, 4) is 0 Å². The predicted octanol–water partition coefficient (Wildman–Crippen LogP) is 4.44. The second-order valence-corrected chi connectivity index (χ2v) is 6.03. The Kier molecular flexibility index (Phi) is 3.05. The lowest BCUT2D eigenvalue weighted by molar-refractivity contribution is 0.103. The lowest BCUT2D eigenvalue weighted by atomic mass is 10.2. The minimum absolute atomic E-state index is 0.136. The fourth-order valence-electron chi connectivity index (χ4n) is 1.98. The van der Waals surface area contributed by atoms with Gasteiger partial charge in [-0.25, -0.2) is 0 Å². The van der Waals surface area contributed by atoms with E-state index in [-0.39, 0.29) is 5.91 Å². The molecule has 0 aliphatic carbocycles. The summed E-state index contributed by atoms with van der Waals surface area (Å²) in [4.78, 5) is 15.9. The molecule has 0 saturated carbocycles. The number of hydrogen-bond donors (Lipinski definition) is 2. The van der Waals surface area contributed by atoms with Crippen LogP contribution in [-0.4, -0.2) is 10.9 Å². The van der Waals surface area contributed by atoms with Crippen LogP contribution in [0.4, 0.5) is 5.69 Å². The average Bonchev–Trinajstić information content (AvgIpc) is 2.93. The number of aromatic nitrogens is 1. The highest BCUT2D eigenvalue weighted by Crippen LogP contribution is 2.24. The monoisotopic (exact) mass is 290 g/mol. The maximum absolute atomic E-state index is 12.0. The summed E-state index contributed by atoms with van der Waals surface area (Å²) >= 11 is 7.09. The number of halogens is 1. The van der Waals surface area contributed by atoms with E-state index in [1.165, 1.54) is 11.3 Å². The first kappa shape index (κ1) is 12.3. The van der Waals surface area contributed by atoms with Crippen LogP contribution in [0.2, 0.25) is 4.34 Å². The van der Waals surface area contributed by atoms with Gasteiger partial charge in [0.1, 0.15) is 0 Å². The van der Waals surface area contributed by atoms with Crippen molar-refractivity contribution in [3.05, 3.63) is 51.3 Å². The number of hydrogen-bond acceptors (Lipinski definition) is 2. The van der Waals surface area contributed by atoms with E-state index in [9.17, 15) is 4.79 Å². The molecule has 3 rings (SSSR count). The quantitative estimate of drug-likeness (QED) is 0.720. The molecule has 1 amide bonds. The summed E-state index contributed by atoms with van der Waals surface area (Å²) in [5.74, 6) is -0.136. The van der Waals surface area contributed by atoms with Crippen molar-refractivity contribution in [2.24, 2.45) is 0 Å². The Labute approximate surface area is 119 Å². The van der Waals surface area contributed by atoms with Gasteiger partial charge in [-0.05, 0) is 43.3 Å². The summed E-state index contributed by atoms with van der Waals surface area (Å²) in [6.07, 6.45) is 0. The van der Waals surface area contributed by atoms with Crippen LogP contribution in [0.15, 0.2) is 36.4 Å². The summed E-state index contributed by atoms with van der Waals surface area (Å²) in [5.41, 5.74) is 2.94. The van der Waals surface area contributed by atoms with Gasteiger partial charge in [-0.2, -0.15) is 0 Å². The van der Waals surface area contributed by atoms with Gasteiger partial charge in [-0.1, -0.05) is 11.6 Å². The van der Waals surface area contributed by atoms with E-state index in [1.54, 1.807) is 12.1 Å². The summed E-state index contributed by atoms with van der Waals surface area (Å²) in [6, 6.07) is 11.3. The molecule has 2 heterocycles. The number of carbonyl (C=O) groups is 1. The largest absolute Gasteiger partial charge is 0.359 e. The zero-order valence-electron chi connectivity index (χ0n) is 10.2. The maximum Gasteiger partial charge on any atom is 0.265 e. The van der Waals surface area contributed by atoms with Crippen molar-refractivity contribution in [2.45, 2.75) is 6.92 Å². The third-order valence-electron chi connectivity index (χ3n) is 2.81. The number of H-pyrrole nitrogens is 1. The van der Waals surface area contributed by atoms with Crippen LogP contribution in [0.1, 0.15) is 15.4 Å². The van der Waals surface area contributed by atoms with Gasteiger partial charge < -0.3 is 10.3 Å². The molecule has 2 N–H and O–H groups in total. The fraction of sp³-hybridized carbons (Fsp3) is 0.0714. The molecule has 0 aliphatic heterocycles. The first-order valence-corrected chi connectivity index (χ1v) is 6.97. The minimum atomic E-state index is -0.136. The third-order valence-corrected chi connectivity index (χ3v) is 4.04. The second-order valence-electron chi connectivity index (χ2n) is 4.31. The summed E-state index contributed by atoms with van der Waals surface area (Å²) < 4.78 is 0.613. The van der Waals surface area contributed by atoms with E-state index in [0.29, 0.717) is 9.21 Å². The van der Waals surface area contributed by atoms with Gasteiger partial charge in [0.15, 0.2) is 0 Å². The Morgan fingerprint density at radius 2 is 2.11 bits per heavy atom. The van der Waals surface area contributed by atoms with Crippen molar-refractivity contribution in [1.82, 2.24) is 4.98 Å².